The Morgan fingerprint density at radius 2 is 2.50 bits per heavy atom. The summed E-state index contributed by atoms with van der Waals surface area (Å²) < 4.78 is 1.91. The minimum Gasteiger partial charge on any atom is -0.370 e. The third-order valence-corrected chi connectivity index (χ3v) is 3.26. The molecule has 4 nitrogen and oxygen atoms in total. The summed E-state index contributed by atoms with van der Waals surface area (Å²) in [5.74, 6) is 1.97. The lowest BCUT2D eigenvalue weighted by Crippen LogP contribution is -2.30. The molecule has 0 aliphatic carbocycles. The van der Waals surface area contributed by atoms with E-state index in [0.29, 0.717) is 0 Å². The zero-order valence-corrected chi connectivity index (χ0v) is 10.3. The fraction of sp³-hybridized carbons (Fsp3) is 0.750. The van der Waals surface area contributed by atoms with E-state index >= 15 is 0 Å². The summed E-state index contributed by atoms with van der Waals surface area (Å²) >= 11 is 0. The third kappa shape index (κ3) is 2.98. The molecule has 1 fully saturated rings. The Labute approximate surface area is 97.4 Å². The van der Waals surface area contributed by atoms with Gasteiger partial charge in [0, 0.05) is 19.7 Å². The number of anilines is 1. The van der Waals surface area contributed by atoms with Crippen molar-refractivity contribution in [3.8, 4) is 0 Å². The lowest BCUT2D eigenvalue weighted by atomic mass is 9.96. The molecule has 1 atom stereocenters. The standard InChI is InChI=1S/C12H22N4/c1-10-8-12(16(2)15-10)14-7-5-11-4-3-6-13-9-11/h8,11,13-14H,3-7,9H2,1-2H3. The molecule has 0 radical (unpaired) electrons. The molecule has 2 heterocycles. The number of hydrogen-bond donors (Lipinski definition) is 2. The largest absolute Gasteiger partial charge is 0.370 e. The molecule has 1 unspecified atom stereocenters. The van der Waals surface area contributed by atoms with Crippen molar-refractivity contribution in [1.29, 1.82) is 0 Å². The Morgan fingerprint density at radius 3 is 3.12 bits per heavy atom. The minimum atomic E-state index is 0.843. The topological polar surface area (TPSA) is 41.9 Å². The highest BCUT2D eigenvalue weighted by Gasteiger charge is 2.12. The van der Waals surface area contributed by atoms with E-state index in [-0.39, 0.29) is 0 Å². The lowest BCUT2D eigenvalue weighted by molar-refractivity contribution is 0.364. The molecule has 4 heteroatoms. The van der Waals surface area contributed by atoms with Gasteiger partial charge in [-0.1, -0.05) is 0 Å². The van der Waals surface area contributed by atoms with Gasteiger partial charge in [0.1, 0.15) is 5.82 Å². The van der Waals surface area contributed by atoms with Gasteiger partial charge in [-0.25, -0.2) is 0 Å². The van der Waals surface area contributed by atoms with Crippen LogP contribution in [-0.4, -0.2) is 29.4 Å². The molecule has 0 bridgehead atoms. The van der Waals surface area contributed by atoms with Crippen LogP contribution in [0.5, 0.6) is 0 Å². The predicted molar refractivity (Wildman–Crippen MR) is 66.6 cm³/mol. The summed E-state index contributed by atoms with van der Waals surface area (Å²) in [6, 6.07) is 2.10. The van der Waals surface area contributed by atoms with Gasteiger partial charge in [-0.2, -0.15) is 5.10 Å². The van der Waals surface area contributed by atoms with Crippen LogP contribution in [0.15, 0.2) is 6.07 Å². The van der Waals surface area contributed by atoms with E-state index in [1.54, 1.807) is 0 Å². The predicted octanol–water partition coefficient (Wildman–Crippen LogP) is 1.53. The Morgan fingerprint density at radius 1 is 1.62 bits per heavy atom. The number of aryl methyl sites for hydroxylation is 2. The van der Waals surface area contributed by atoms with Crippen LogP contribution >= 0.6 is 0 Å². The van der Waals surface area contributed by atoms with Crippen LogP contribution < -0.4 is 10.6 Å². The first-order chi connectivity index (χ1) is 7.75. The van der Waals surface area contributed by atoms with Crippen LogP contribution in [0.25, 0.3) is 0 Å². The van der Waals surface area contributed by atoms with Gasteiger partial charge in [0.2, 0.25) is 0 Å². The third-order valence-electron chi connectivity index (χ3n) is 3.26. The highest BCUT2D eigenvalue weighted by molar-refractivity contribution is 5.36. The summed E-state index contributed by atoms with van der Waals surface area (Å²) in [7, 11) is 1.98. The summed E-state index contributed by atoms with van der Waals surface area (Å²) in [6.07, 6.45) is 3.95. The van der Waals surface area contributed by atoms with E-state index in [9.17, 15) is 0 Å². The first-order valence-electron chi connectivity index (χ1n) is 6.21. The average molecular weight is 222 g/mol. The molecule has 0 aromatic carbocycles. The number of piperidine rings is 1. The Kier molecular flexibility index (Phi) is 3.83. The maximum atomic E-state index is 4.32. The Balaban J connectivity index is 1.73. The fourth-order valence-corrected chi connectivity index (χ4v) is 2.35. The molecular formula is C12H22N4. The normalized spacial score (nSPS) is 21.0. The van der Waals surface area contributed by atoms with Crippen molar-refractivity contribution < 1.29 is 0 Å². The van der Waals surface area contributed by atoms with Crippen molar-refractivity contribution in [2.75, 3.05) is 25.0 Å². The van der Waals surface area contributed by atoms with Crippen molar-refractivity contribution >= 4 is 5.82 Å². The summed E-state index contributed by atoms with van der Waals surface area (Å²) in [4.78, 5) is 0. The summed E-state index contributed by atoms with van der Waals surface area (Å²) in [5.41, 5.74) is 1.07. The molecule has 1 aliphatic heterocycles. The zero-order chi connectivity index (χ0) is 11.4. The second kappa shape index (κ2) is 5.34. The van der Waals surface area contributed by atoms with Gasteiger partial charge in [0.25, 0.3) is 0 Å². The van der Waals surface area contributed by atoms with Gasteiger partial charge in [-0.3, -0.25) is 4.68 Å². The Bertz CT molecular complexity index is 326. The van der Waals surface area contributed by atoms with Gasteiger partial charge in [0.05, 0.1) is 5.69 Å². The van der Waals surface area contributed by atoms with Crippen LogP contribution in [0.3, 0.4) is 0 Å². The number of hydrogen-bond acceptors (Lipinski definition) is 3. The first kappa shape index (κ1) is 11.5. The maximum Gasteiger partial charge on any atom is 0.124 e. The second-order valence-corrected chi connectivity index (χ2v) is 4.72. The molecule has 1 aromatic heterocycles. The quantitative estimate of drug-likeness (QED) is 0.812. The summed E-state index contributed by atoms with van der Waals surface area (Å²) in [6.45, 7) is 5.46. The smallest absolute Gasteiger partial charge is 0.124 e. The van der Waals surface area contributed by atoms with Gasteiger partial charge < -0.3 is 10.6 Å². The molecule has 2 N–H and O–H groups in total. The van der Waals surface area contributed by atoms with Gasteiger partial charge in [-0.05, 0) is 45.2 Å². The van der Waals surface area contributed by atoms with Crippen molar-refractivity contribution in [3.63, 3.8) is 0 Å². The van der Waals surface area contributed by atoms with E-state index in [1.165, 1.54) is 32.4 Å². The lowest BCUT2D eigenvalue weighted by Gasteiger charge is -2.22. The van der Waals surface area contributed by atoms with Crippen LogP contribution in [0, 0.1) is 12.8 Å². The van der Waals surface area contributed by atoms with E-state index in [4.69, 9.17) is 0 Å². The molecule has 1 aromatic rings. The summed E-state index contributed by atoms with van der Waals surface area (Å²) in [5, 5.41) is 11.2. The van der Waals surface area contributed by atoms with E-state index in [0.717, 1.165) is 24.0 Å². The first-order valence-corrected chi connectivity index (χ1v) is 6.21. The van der Waals surface area contributed by atoms with E-state index in [1.807, 2.05) is 18.7 Å². The molecular weight excluding hydrogens is 200 g/mol. The van der Waals surface area contributed by atoms with E-state index < -0.39 is 0 Å². The highest BCUT2D eigenvalue weighted by Crippen LogP contribution is 2.14. The van der Waals surface area contributed by atoms with Crippen LogP contribution in [0.1, 0.15) is 25.0 Å². The van der Waals surface area contributed by atoms with Gasteiger partial charge >= 0.3 is 0 Å². The van der Waals surface area contributed by atoms with Crippen molar-refractivity contribution in [1.82, 2.24) is 15.1 Å². The van der Waals surface area contributed by atoms with Gasteiger partial charge in [0.15, 0.2) is 0 Å². The van der Waals surface area contributed by atoms with Crippen molar-refractivity contribution in [2.24, 2.45) is 13.0 Å². The molecule has 0 saturated carbocycles. The number of nitrogens with one attached hydrogen (secondary N) is 2. The maximum absolute atomic E-state index is 4.32. The molecule has 0 spiro atoms. The Hall–Kier alpha value is -1.03. The van der Waals surface area contributed by atoms with Crippen LogP contribution in [0.4, 0.5) is 5.82 Å². The molecule has 0 amide bonds. The molecule has 16 heavy (non-hydrogen) atoms. The number of nitrogens with zero attached hydrogens (tertiary/aromatic N) is 2. The van der Waals surface area contributed by atoms with Crippen LogP contribution in [0.2, 0.25) is 0 Å². The van der Waals surface area contributed by atoms with Gasteiger partial charge in [-0.15, -0.1) is 0 Å². The number of aromatic nitrogens is 2. The average Bonchev–Trinajstić information content (AvgIpc) is 2.59. The van der Waals surface area contributed by atoms with Crippen molar-refractivity contribution in [2.45, 2.75) is 26.2 Å². The molecule has 90 valence electrons. The fourth-order valence-electron chi connectivity index (χ4n) is 2.35. The monoisotopic (exact) mass is 222 g/mol. The second-order valence-electron chi connectivity index (χ2n) is 4.72. The molecule has 1 aliphatic rings. The highest BCUT2D eigenvalue weighted by atomic mass is 15.3. The minimum absolute atomic E-state index is 0.843. The van der Waals surface area contributed by atoms with E-state index in [2.05, 4.69) is 21.8 Å². The van der Waals surface area contributed by atoms with Crippen molar-refractivity contribution in [3.05, 3.63) is 11.8 Å². The zero-order valence-electron chi connectivity index (χ0n) is 10.3. The number of rotatable bonds is 4. The molecule has 1 saturated heterocycles. The molecule has 2 rings (SSSR count). The van der Waals surface area contributed by atoms with Crippen LogP contribution in [-0.2, 0) is 7.05 Å². The SMILES string of the molecule is Cc1cc(NCCC2CCCNC2)n(C)n1.